The Morgan fingerprint density at radius 3 is 2.55 bits per heavy atom. The highest BCUT2D eigenvalue weighted by molar-refractivity contribution is 5.92. The molecule has 1 fully saturated rings. The number of piperidine rings is 1. The van der Waals surface area contributed by atoms with Crippen LogP contribution in [0.2, 0.25) is 0 Å². The SMILES string of the molecule is COC(=O)[C@]12C[C@H](CC(=O)NCCCCc3ccccc3)C(=O)N(CCC3=CCCCC3)C1=C[C@H](C(C)(C)C)O[C@@H]2C. The van der Waals surface area contributed by atoms with Crippen LogP contribution in [0.1, 0.15) is 91.0 Å². The molecule has 4 rings (SSSR count). The maximum absolute atomic E-state index is 14.1. The first-order valence-electron chi connectivity index (χ1n) is 15.8. The number of hydrogen-bond donors (Lipinski definition) is 1. The first-order chi connectivity index (χ1) is 20.1. The Balaban J connectivity index is 1.52. The number of nitrogens with one attached hydrogen (secondary N) is 1. The van der Waals surface area contributed by atoms with Crippen molar-refractivity contribution in [3.8, 4) is 0 Å². The van der Waals surface area contributed by atoms with E-state index in [0.717, 1.165) is 38.5 Å². The summed E-state index contributed by atoms with van der Waals surface area (Å²) in [7, 11) is 1.39. The summed E-state index contributed by atoms with van der Waals surface area (Å²) in [4.78, 5) is 42.7. The van der Waals surface area contributed by atoms with Crippen LogP contribution in [0, 0.1) is 16.7 Å². The molecule has 0 aromatic heterocycles. The van der Waals surface area contributed by atoms with E-state index in [9.17, 15) is 14.4 Å². The monoisotopic (exact) mass is 578 g/mol. The molecule has 0 bridgehead atoms. The first-order valence-corrected chi connectivity index (χ1v) is 15.8. The fourth-order valence-corrected chi connectivity index (χ4v) is 6.68. The Morgan fingerprint density at radius 1 is 1.12 bits per heavy atom. The van der Waals surface area contributed by atoms with E-state index in [-0.39, 0.29) is 36.2 Å². The minimum Gasteiger partial charge on any atom is -0.468 e. The average Bonchev–Trinajstić information content (AvgIpc) is 2.97. The highest BCUT2D eigenvalue weighted by Gasteiger charge is 2.60. The van der Waals surface area contributed by atoms with Gasteiger partial charge in [0.1, 0.15) is 5.41 Å². The van der Waals surface area contributed by atoms with Gasteiger partial charge in [-0.3, -0.25) is 14.4 Å². The Morgan fingerprint density at radius 2 is 1.88 bits per heavy atom. The van der Waals surface area contributed by atoms with E-state index in [2.05, 4.69) is 44.3 Å². The van der Waals surface area contributed by atoms with E-state index in [4.69, 9.17) is 9.47 Å². The topological polar surface area (TPSA) is 84.9 Å². The highest BCUT2D eigenvalue weighted by Crippen LogP contribution is 2.52. The van der Waals surface area contributed by atoms with Gasteiger partial charge in [0.05, 0.1) is 19.3 Å². The Kier molecular flexibility index (Phi) is 10.7. The molecule has 7 nitrogen and oxygen atoms in total. The largest absolute Gasteiger partial charge is 0.468 e. The van der Waals surface area contributed by atoms with Crippen molar-refractivity contribution in [2.75, 3.05) is 20.2 Å². The third-order valence-corrected chi connectivity index (χ3v) is 9.22. The molecule has 2 amide bonds. The summed E-state index contributed by atoms with van der Waals surface area (Å²) in [6.07, 6.45) is 11.8. The highest BCUT2D eigenvalue weighted by atomic mass is 16.5. The summed E-state index contributed by atoms with van der Waals surface area (Å²) in [5.74, 6) is -1.29. The lowest BCUT2D eigenvalue weighted by molar-refractivity contribution is -0.180. The van der Waals surface area contributed by atoms with E-state index in [1.54, 1.807) is 4.90 Å². The van der Waals surface area contributed by atoms with Crippen molar-refractivity contribution in [3.05, 3.63) is 59.3 Å². The summed E-state index contributed by atoms with van der Waals surface area (Å²) in [5, 5.41) is 3.02. The smallest absolute Gasteiger partial charge is 0.320 e. The molecule has 42 heavy (non-hydrogen) atoms. The second kappa shape index (κ2) is 14.0. The van der Waals surface area contributed by atoms with Gasteiger partial charge in [-0.15, -0.1) is 0 Å². The number of aryl methyl sites for hydroxylation is 1. The van der Waals surface area contributed by atoms with Crippen LogP contribution in [0.15, 0.2) is 53.8 Å². The maximum atomic E-state index is 14.1. The van der Waals surface area contributed by atoms with Crippen LogP contribution >= 0.6 is 0 Å². The normalized spacial score (nSPS) is 26.2. The molecule has 4 atom stereocenters. The van der Waals surface area contributed by atoms with Gasteiger partial charge in [0.25, 0.3) is 0 Å². The Labute approximate surface area is 252 Å². The first kappa shape index (κ1) is 32.0. The number of nitrogens with zero attached hydrogens (tertiary/aromatic N) is 1. The fourth-order valence-electron chi connectivity index (χ4n) is 6.68. The average molecular weight is 579 g/mol. The number of hydrogen-bond acceptors (Lipinski definition) is 5. The lowest BCUT2D eigenvalue weighted by atomic mass is 9.65. The van der Waals surface area contributed by atoms with Gasteiger partial charge in [0, 0.05) is 31.1 Å². The van der Waals surface area contributed by atoms with Crippen LogP contribution in [-0.2, 0) is 30.3 Å². The van der Waals surface area contributed by atoms with E-state index in [0.29, 0.717) is 18.8 Å². The molecule has 1 aromatic rings. The van der Waals surface area contributed by atoms with Gasteiger partial charge in [-0.05, 0) is 81.8 Å². The van der Waals surface area contributed by atoms with E-state index >= 15 is 0 Å². The molecule has 0 unspecified atom stereocenters. The van der Waals surface area contributed by atoms with E-state index in [1.165, 1.54) is 31.1 Å². The zero-order valence-corrected chi connectivity index (χ0v) is 26.2. The van der Waals surface area contributed by atoms with Crippen molar-refractivity contribution in [2.24, 2.45) is 16.7 Å². The van der Waals surface area contributed by atoms with Crippen LogP contribution in [-0.4, -0.2) is 55.1 Å². The van der Waals surface area contributed by atoms with Crippen LogP contribution in [0.25, 0.3) is 0 Å². The number of unbranched alkanes of at least 4 members (excludes halogenated alkanes) is 1. The number of likely N-dealkylation sites (tertiary alicyclic amines) is 1. The van der Waals surface area contributed by atoms with Crippen molar-refractivity contribution < 1.29 is 23.9 Å². The number of fused-ring (bicyclic) bond motifs is 1. The predicted octanol–water partition coefficient (Wildman–Crippen LogP) is 6.13. The van der Waals surface area contributed by atoms with Gasteiger partial charge in [-0.25, -0.2) is 0 Å². The van der Waals surface area contributed by atoms with Gasteiger partial charge in [-0.2, -0.15) is 0 Å². The van der Waals surface area contributed by atoms with Crippen molar-refractivity contribution >= 4 is 17.8 Å². The number of carbonyl (C=O) groups excluding carboxylic acids is 3. The number of ether oxygens (including phenoxy) is 2. The third-order valence-electron chi connectivity index (χ3n) is 9.22. The summed E-state index contributed by atoms with van der Waals surface area (Å²) in [5.41, 5.74) is 1.97. The second-order valence-corrected chi connectivity index (χ2v) is 13.3. The molecule has 2 aliphatic heterocycles. The molecule has 7 heteroatoms. The summed E-state index contributed by atoms with van der Waals surface area (Å²) < 4.78 is 11.9. The molecule has 1 N–H and O–H groups in total. The molecule has 2 heterocycles. The zero-order valence-electron chi connectivity index (χ0n) is 26.2. The number of benzene rings is 1. The Bertz CT molecular complexity index is 1170. The zero-order chi connectivity index (χ0) is 30.3. The summed E-state index contributed by atoms with van der Waals surface area (Å²) in [6.45, 7) is 9.25. The molecule has 3 aliphatic rings. The molecule has 0 saturated carbocycles. The third kappa shape index (κ3) is 7.34. The molecular weight excluding hydrogens is 528 g/mol. The van der Waals surface area contributed by atoms with Gasteiger partial charge in [0.15, 0.2) is 0 Å². The molecular formula is C35H50N2O5. The van der Waals surface area contributed by atoms with Crippen molar-refractivity contribution in [2.45, 2.75) is 104 Å². The van der Waals surface area contributed by atoms with Gasteiger partial charge < -0.3 is 19.7 Å². The van der Waals surface area contributed by atoms with Crippen LogP contribution in [0.3, 0.4) is 0 Å². The molecule has 230 valence electrons. The van der Waals surface area contributed by atoms with Crippen LogP contribution in [0.4, 0.5) is 0 Å². The van der Waals surface area contributed by atoms with E-state index < -0.39 is 23.4 Å². The number of rotatable bonds is 11. The number of methoxy groups -OCH3 is 1. The number of esters is 1. The van der Waals surface area contributed by atoms with Crippen LogP contribution < -0.4 is 5.32 Å². The number of amides is 2. The van der Waals surface area contributed by atoms with Gasteiger partial charge >= 0.3 is 5.97 Å². The molecule has 0 spiro atoms. The number of carbonyl (C=O) groups is 3. The standard InChI is InChI=1S/C35H50N2O5/c1-25-35(33(40)41-5)24-28(22-31(38)36-20-13-12-18-26-14-8-6-9-15-26)32(39)37(21-19-27-16-10-7-11-17-27)29(35)23-30(42-25)34(2,3)4/h6,8-9,14-16,23,25,28,30H,7,10-13,17-22,24H2,1-5H3,(H,36,38)/t25-,28+,30-,35+/m1/s1. The van der Waals surface area contributed by atoms with Gasteiger partial charge in [0.2, 0.25) is 11.8 Å². The van der Waals surface area contributed by atoms with Crippen molar-refractivity contribution in [3.63, 3.8) is 0 Å². The van der Waals surface area contributed by atoms with E-state index in [1.807, 2.05) is 31.2 Å². The minimum atomic E-state index is -1.15. The van der Waals surface area contributed by atoms with Crippen molar-refractivity contribution in [1.82, 2.24) is 10.2 Å². The fraction of sp³-hybridized carbons (Fsp3) is 0.629. The number of allylic oxidation sites excluding steroid dienone is 1. The summed E-state index contributed by atoms with van der Waals surface area (Å²) >= 11 is 0. The minimum absolute atomic E-state index is 0.0398. The predicted molar refractivity (Wildman–Crippen MR) is 164 cm³/mol. The molecule has 1 aromatic carbocycles. The maximum Gasteiger partial charge on any atom is 0.320 e. The van der Waals surface area contributed by atoms with Crippen molar-refractivity contribution in [1.29, 1.82) is 0 Å². The Hall–Kier alpha value is -2.93. The van der Waals surface area contributed by atoms with Gasteiger partial charge in [-0.1, -0.05) is 62.8 Å². The van der Waals surface area contributed by atoms with Crippen LogP contribution in [0.5, 0.6) is 0 Å². The molecule has 1 saturated heterocycles. The lowest BCUT2D eigenvalue weighted by Gasteiger charge is -2.53. The molecule has 1 aliphatic carbocycles. The summed E-state index contributed by atoms with van der Waals surface area (Å²) in [6, 6.07) is 10.3. The lowest BCUT2D eigenvalue weighted by Crippen LogP contribution is -2.61. The molecule has 0 radical (unpaired) electrons. The quantitative estimate of drug-likeness (QED) is 0.194. The second-order valence-electron chi connectivity index (χ2n) is 13.3.